The second-order valence-electron chi connectivity index (χ2n) is 5.69. The Labute approximate surface area is 147 Å². The van der Waals surface area contributed by atoms with Crippen molar-refractivity contribution in [2.45, 2.75) is 37.6 Å². The largest absolute Gasteiger partial charge is 0.465 e. The number of nitrogens with two attached hydrogens (primary N) is 1. The molecule has 0 amide bonds. The summed E-state index contributed by atoms with van der Waals surface area (Å²) in [6.45, 7) is 4.46. The molecule has 1 aromatic heterocycles. The number of piperidine rings is 1. The van der Waals surface area contributed by atoms with Crippen molar-refractivity contribution in [3.63, 3.8) is 0 Å². The van der Waals surface area contributed by atoms with E-state index in [1.807, 2.05) is 6.92 Å². The number of nitrogens with zero attached hydrogens (tertiary/aromatic N) is 1. The first-order valence-electron chi connectivity index (χ1n) is 7.21. The van der Waals surface area contributed by atoms with E-state index in [4.69, 9.17) is 10.5 Å². The molecule has 0 aliphatic carbocycles. The van der Waals surface area contributed by atoms with Crippen LogP contribution in [0.4, 0.5) is 0 Å². The monoisotopic (exact) mass is 382 g/mol. The van der Waals surface area contributed by atoms with Crippen LogP contribution < -0.4 is 5.73 Å². The molecule has 0 radical (unpaired) electrons. The lowest BCUT2D eigenvalue weighted by Crippen LogP contribution is -2.45. The van der Waals surface area contributed by atoms with Crippen molar-refractivity contribution in [1.29, 1.82) is 0 Å². The number of halogens is 1. The van der Waals surface area contributed by atoms with Crippen LogP contribution in [0.25, 0.3) is 0 Å². The Bertz CT molecular complexity index is 658. The highest BCUT2D eigenvalue weighted by atomic mass is 35.5. The van der Waals surface area contributed by atoms with Crippen molar-refractivity contribution in [3.8, 4) is 0 Å². The number of hydrogen-bond donors (Lipinski definition) is 1. The molecule has 1 aliphatic heterocycles. The number of rotatable bonds is 4. The zero-order chi connectivity index (χ0) is 16.5. The summed E-state index contributed by atoms with van der Waals surface area (Å²) in [5.74, 6) is -0.471. The molecule has 0 spiro atoms. The molecule has 0 aromatic carbocycles. The summed E-state index contributed by atoms with van der Waals surface area (Å²) in [6, 6.07) is -0.0540. The second-order valence-corrected chi connectivity index (χ2v) is 8.45. The fourth-order valence-corrected chi connectivity index (χ4v) is 5.93. The van der Waals surface area contributed by atoms with Crippen LogP contribution in [0, 0.1) is 12.8 Å². The maximum Gasteiger partial charge on any atom is 0.349 e. The number of carbonyl (C=O) groups excluding carboxylic acids is 1. The van der Waals surface area contributed by atoms with Gasteiger partial charge in [-0.1, -0.05) is 0 Å². The van der Waals surface area contributed by atoms with Crippen LogP contribution in [0.2, 0.25) is 0 Å². The lowest BCUT2D eigenvalue weighted by atomic mass is 9.93. The molecule has 132 valence electrons. The van der Waals surface area contributed by atoms with Crippen molar-refractivity contribution in [1.82, 2.24) is 4.31 Å². The van der Waals surface area contributed by atoms with Crippen molar-refractivity contribution in [3.05, 3.63) is 15.8 Å². The van der Waals surface area contributed by atoms with Crippen LogP contribution in [0.3, 0.4) is 0 Å². The van der Waals surface area contributed by atoms with Gasteiger partial charge in [0.2, 0.25) is 10.0 Å². The van der Waals surface area contributed by atoms with E-state index in [1.54, 1.807) is 12.3 Å². The molecule has 0 saturated carbocycles. The first-order valence-corrected chi connectivity index (χ1v) is 9.53. The molecule has 1 fully saturated rings. The van der Waals surface area contributed by atoms with Gasteiger partial charge in [0, 0.05) is 19.1 Å². The number of esters is 1. The minimum atomic E-state index is -3.71. The van der Waals surface area contributed by atoms with Gasteiger partial charge in [-0.3, -0.25) is 0 Å². The summed E-state index contributed by atoms with van der Waals surface area (Å²) in [6.07, 6.45) is 1.71. The van der Waals surface area contributed by atoms with Gasteiger partial charge in [0.25, 0.3) is 0 Å². The third-order valence-electron chi connectivity index (χ3n) is 4.05. The Morgan fingerprint density at radius 1 is 1.52 bits per heavy atom. The predicted octanol–water partition coefficient (Wildman–Crippen LogP) is 2.01. The zero-order valence-corrected chi connectivity index (χ0v) is 15.9. The van der Waals surface area contributed by atoms with E-state index in [9.17, 15) is 13.2 Å². The van der Waals surface area contributed by atoms with Crippen molar-refractivity contribution in [2.24, 2.45) is 11.7 Å². The summed E-state index contributed by atoms with van der Waals surface area (Å²) in [5, 5.41) is 1.67. The molecular weight excluding hydrogens is 360 g/mol. The van der Waals surface area contributed by atoms with Crippen LogP contribution in [0.1, 0.15) is 35.0 Å². The van der Waals surface area contributed by atoms with Crippen molar-refractivity contribution >= 4 is 39.7 Å². The smallest absolute Gasteiger partial charge is 0.349 e. The maximum absolute atomic E-state index is 13.0. The third kappa shape index (κ3) is 4.06. The standard InChI is InChI=1S/C14H22N2O4S2.ClH/c1-9-8-21-12(14(17)20-3)13(9)22(18,19)16-6-4-5-11(7-16)10(2)15;/h8,10-11H,4-7,15H2,1-3H3;1H. The molecule has 1 aromatic rings. The summed E-state index contributed by atoms with van der Waals surface area (Å²) in [4.78, 5) is 12.1. The summed E-state index contributed by atoms with van der Waals surface area (Å²) in [5.41, 5.74) is 6.50. The Hall–Kier alpha value is -0.670. The minimum absolute atomic E-state index is 0. The van der Waals surface area contributed by atoms with Gasteiger partial charge in [0.1, 0.15) is 9.77 Å². The number of sulfonamides is 1. The molecule has 9 heteroatoms. The molecule has 1 aliphatic rings. The van der Waals surface area contributed by atoms with Gasteiger partial charge in [0.05, 0.1) is 7.11 Å². The van der Waals surface area contributed by atoms with E-state index in [0.29, 0.717) is 18.7 Å². The molecule has 2 N–H and O–H groups in total. The quantitative estimate of drug-likeness (QED) is 0.804. The third-order valence-corrected chi connectivity index (χ3v) is 7.31. The van der Waals surface area contributed by atoms with Gasteiger partial charge in [-0.05, 0) is 43.6 Å². The number of methoxy groups -OCH3 is 1. The predicted molar refractivity (Wildman–Crippen MR) is 92.8 cm³/mol. The van der Waals surface area contributed by atoms with Crippen LogP contribution in [-0.2, 0) is 14.8 Å². The lowest BCUT2D eigenvalue weighted by Gasteiger charge is -2.33. The van der Waals surface area contributed by atoms with E-state index in [0.717, 1.165) is 24.2 Å². The summed E-state index contributed by atoms with van der Waals surface area (Å²) in [7, 11) is -2.46. The van der Waals surface area contributed by atoms with Gasteiger partial charge in [0.15, 0.2) is 0 Å². The number of carbonyl (C=O) groups is 1. The normalized spacial score (nSPS) is 20.6. The molecule has 1 saturated heterocycles. The van der Waals surface area contributed by atoms with Crippen LogP contribution in [0.5, 0.6) is 0 Å². The Kier molecular flexibility index (Phi) is 7.03. The van der Waals surface area contributed by atoms with Crippen molar-refractivity contribution in [2.75, 3.05) is 20.2 Å². The molecule has 23 heavy (non-hydrogen) atoms. The molecule has 2 unspecified atom stereocenters. The lowest BCUT2D eigenvalue weighted by molar-refractivity contribution is 0.0602. The SMILES string of the molecule is COC(=O)c1scc(C)c1S(=O)(=O)N1CCCC(C(C)N)C1.Cl. The van der Waals surface area contributed by atoms with Gasteiger partial charge < -0.3 is 10.5 Å². The van der Waals surface area contributed by atoms with Gasteiger partial charge in [-0.15, -0.1) is 23.7 Å². The van der Waals surface area contributed by atoms with E-state index < -0.39 is 16.0 Å². The van der Waals surface area contributed by atoms with Crippen LogP contribution >= 0.6 is 23.7 Å². The maximum atomic E-state index is 13.0. The molecule has 2 atom stereocenters. The van der Waals surface area contributed by atoms with E-state index in [-0.39, 0.29) is 34.1 Å². The van der Waals surface area contributed by atoms with Gasteiger partial charge in [-0.25, -0.2) is 13.2 Å². The highest BCUT2D eigenvalue weighted by Crippen LogP contribution is 2.32. The average Bonchev–Trinajstić information content (AvgIpc) is 2.89. The average molecular weight is 383 g/mol. The minimum Gasteiger partial charge on any atom is -0.465 e. The fraction of sp³-hybridized carbons (Fsp3) is 0.643. The second kappa shape index (κ2) is 7.94. The molecular formula is C14H23ClN2O4S2. The van der Waals surface area contributed by atoms with E-state index in [2.05, 4.69) is 0 Å². The first kappa shape index (κ1) is 20.4. The molecule has 6 nitrogen and oxygen atoms in total. The Balaban J connectivity index is 0.00000264. The van der Waals surface area contributed by atoms with Crippen molar-refractivity contribution < 1.29 is 17.9 Å². The van der Waals surface area contributed by atoms with Gasteiger partial charge >= 0.3 is 5.97 Å². The summed E-state index contributed by atoms with van der Waals surface area (Å²) >= 11 is 1.10. The topological polar surface area (TPSA) is 89.7 Å². The van der Waals surface area contributed by atoms with Gasteiger partial charge in [-0.2, -0.15) is 4.31 Å². The Morgan fingerprint density at radius 3 is 2.74 bits per heavy atom. The number of aryl methyl sites for hydroxylation is 1. The highest BCUT2D eigenvalue weighted by Gasteiger charge is 2.36. The zero-order valence-electron chi connectivity index (χ0n) is 13.4. The number of ether oxygens (including phenoxy) is 1. The molecule has 2 heterocycles. The first-order chi connectivity index (χ1) is 10.3. The number of thiophene rings is 1. The number of hydrogen-bond acceptors (Lipinski definition) is 6. The van der Waals surface area contributed by atoms with E-state index >= 15 is 0 Å². The highest BCUT2D eigenvalue weighted by molar-refractivity contribution is 7.89. The Morgan fingerprint density at radius 2 is 2.17 bits per heavy atom. The molecule has 2 rings (SSSR count). The van der Waals surface area contributed by atoms with E-state index in [1.165, 1.54) is 11.4 Å². The summed E-state index contributed by atoms with van der Waals surface area (Å²) < 4.78 is 32.1. The van der Waals surface area contributed by atoms with Crippen LogP contribution in [0.15, 0.2) is 10.3 Å². The van der Waals surface area contributed by atoms with Crippen LogP contribution in [-0.4, -0.2) is 44.9 Å². The molecule has 0 bridgehead atoms. The fourth-order valence-electron chi connectivity index (χ4n) is 2.74.